The van der Waals surface area contributed by atoms with Crippen LogP contribution >= 0.6 is 0 Å². The van der Waals surface area contributed by atoms with Crippen molar-refractivity contribution in [1.29, 1.82) is 0 Å². The number of rotatable bonds is 5. The number of likely N-dealkylation sites (N-methyl/N-ethyl adjacent to an activating group) is 1. The lowest BCUT2D eigenvalue weighted by molar-refractivity contribution is -0.166. The van der Waals surface area contributed by atoms with Crippen molar-refractivity contribution in [3.8, 4) is 0 Å². The first-order valence-electron chi connectivity index (χ1n) is 8.39. The van der Waals surface area contributed by atoms with E-state index < -0.39 is 23.0 Å². The van der Waals surface area contributed by atoms with Gasteiger partial charge < -0.3 is 9.64 Å². The molecule has 0 heterocycles. The molecule has 2 rings (SSSR count). The quantitative estimate of drug-likeness (QED) is 0.505. The molecule has 0 saturated heterocycles. The first kappa shape index (κ1) is 19.7. The minimum absolute atomic E-state index is 0.607. The van der Waals surface area contributed by atoms with Crippen LogP contribution in [0.25, 0.3) is 10.8 Å². The molecule has 0 aromatic heterocycles. The summed E-state index contributed by atoms with van der Waals surface area (Å²) in [4.78, 5) is 31.9. The van der Waals surface area contributed by atoms with Crippen molar-refractivity contribution in [2.24, 2.45) is 0 Å². The minimum Gasteiger partial charge on any atom is -0.458 e. The fourth-order valence-electron chi connectivity index (χ4n) is 2.60. The first-order valence-corrected chi connectivity index (χ1v) is 8.39. The highest BCUT2D eigenvalue weighted by Gasteiger charge is 2.48. The second-order valence-electron chi connectivity index (χ2n) is 7.30. The van der Waals surface area contributed by atoms with E-state index in [1.807, 2.05) is 42.5 Å². The molecule has 0 radical (unpaired) electrons. The Bertz CT molecular complexity index is 813. The van der Waals surface area contributed by atoms with Crippen molar-refractivity contribution in [3.05, 3.63) is 42.5 Å². The van der Waals surface area contributed by atoms with Crippen LogP contribution in [0.15, 0.2) is 42.5 Å². The predicted octanol–water partition coefficient (Wildman–Crippen LogP) is 3.05. The maximum atomic E-state index is 12.9. The SMILES string of the molecule is CONC(=O)[C@@](C)(C(=O)OC(C)(C)C)N(C)c1ccc2ccccc2c1. The molecular formula is C20H26N2O4. The summed E-state index contributed by atoms with van der Waals surface area (Å²) in [6.07, 6.45) is 0. The molecule has 1 N–H and O–H groups in total. The number of carbonyl (C=O) groups is 2. The summed E-state index contributed by atoms with van der Waals surface area (Å²) in [5, 5.41) is 2.08. The number of anilines is 1. The maximum absolute atomic E-state index is 12.9. The highest BCUT2D eigenvalue weighted by molar-refractivity contribution is 6.10. The van der Waals surface area contributed by atoms with E-state index in [-0.39, 0.29) is 0 Å². The summed E-state index contributed by atoms with van der Waals surface area (Å²) in [5.41, 5.74) is 0.639. The lowest BCUT2D eigenvalue weighted by Crippen LogP contribution is -2.62. The van der Waals surface area contributed by atoms with Crippen molar-refractivity contribution < 1.29 is 19.2 Å². The molecule has 0 aliphatic carbocycles. The van der Waals surface area contributed by atoms with Gasteiger partial charge in [-0.15, -0.1) is 0 Å². The van der Waals surface area contributed by atoms with E-state index >= 15 is 0 Å². The number of hydrogen-bond donors (Lipinski definition) is 1. The second kappa shape index (κ2) is 7.33. The van der Waals surface area contributed by atoms with E-state index in [0.29, 0.717) is 5.69 Å². The summed E-state index contributed by atoms with van der Waals surface area (Å²) in [7, 11) is 3.01. The number of fused-ring (bicyclic) bond motifs is 1. The monoisotopic (exact) mass is 358 g/mol. The molecular weight excluding hydrogens is 332 g/mol. The number of ether oxygens (including phenoxy) is 1. The molecule has 0 unspecified atom stereocenters. The number of hydrogen-bond acceptors (Lipinski definition) is 5. The molecule has 0 spiro atoms. The average molecular weight is 358 g/mol. The van der Waals surface area contributed by atoms with Gasteiger partial charge >= 0.3 is 5.97 Å². The molecule has 2 aromatic rings. The summed E-state index contributed by atoms with van der Waals surface area (Å²) in [5.74, 6) is -1.26. The van der Waals surface area contributed by atoms with Gasteiger partial charge in [0.25, 0.3) is 5.91 Å². The lowest BCUT2D eigenvalue weighted by Gasteiger charge is -2.38. The van der Waals surface area contributed by atoms with Gasteiger partial charge in [0, 0.05) is 12.7 Å². The molecule has 6 nitrogen and oxygen atoms in total. The number of carbonyl (C=O) groups excluding carboxylic acids is 2. The van der Waals surface area contributed by atoms with Gasteiger partial charge in [0.15, 0.2) is 0 Å². The van der Waals surface area contributed by atoms with Crippen molar-refractivity contribution >= 4 is 28.3 Å². The third-order valence-electron chi connectivity index (χ3n) is 4.22. The molecule has 26 heavy (non-hydrogen) atoms. The Morgan fingerprint density at radius 2 is 1.62 bits per heavy atom. The highest BCUT2D eigenvalue weighted by Crippen LogP contribution is 2.29. The smallest absolute Gasteiger partial charge is 0.342 e. The van der Waals surface area contributed by atoms with E-state index in [1.54, 1.807) is 32.7 Å². The molecule has 140 valence electrons. The van der Waals surface area contributed by atoms with Crippen LogP contribution < -0.4 is 10.4 Å². The third-order valence-corrected chi connectivity index (χ3v) is 4.22. The molecule has 0 fully saturated rings. The van der Waals surface area contributed by atoms with Crippen LogP contribution in [0.3, 0.4) is 0 Å². The van der Waals surface area contributed by atoms with Crippen molar-refractivity contribution in [3.63, 3.8) is 0 Å². The largest absolute Gasteiger partial charge is 0.458 e. The van der Waals surface area contributed by atoms with E-state index in [0.717, 1.165) is 10.8 Å². The third kappa shape index (κ3) is 3.96. The van der Waals surface area contributed by atoms with Gasteiger partial charge in [0.05, 0.1) is 7.11 Å². The topological polar surface area (TPSA) is 67.9 Å². The summed E-state index contributed by atoms with van der Waals surface area (Å²) < 4.78 is 5.50. The zero-order chi connectivity index (χ0) is 19.5. The fraction of sp³-hybridized carbons (Fsp3) is 0.400. The van der Waals surface area contributed by atoms with Gasteiger partial charge in [-0.05, 0) is 50.6 Å². The van der Waals surface area contributed by atoms with Crippen molar-refractivity contribution in [1.82, 2.24) is 5.48 Å². The Kier molecular flexibility index (Phi) is 5.56. The number of benzene rings is 2. The van der Waals surface area contributed by atoms with Crippen LogP contribution in [-0.4, -0.2) is 37.2 Å². The highest BCUT2D eigenvalue weighted by atomic mass is 16.6. The summed E-state index contributed by atoms with van der Waals surface area (Å²) in [6, 6.07) is 13.6. The van der Waals surface area contributed by atoms with Gasteiger partial charge in [-0.25, -0.2) is 10.3 Å². The molecule has 0 aliphatic rings. The van der Waals surface area contributed by atoms with Crippen LogP contribution in [-0.2, 0) is 19.2 Å². The molecule has 1 atom stereocenters. The van der Waals surface area contributed by atoms with E-state index in [2.05, 4.69) is 5.48 Å². The van der Waals surface area contributed by atoms with Crippen LogP contribution in [0.1, 0.15) is 27.7 Å². The molecule has 0 bridgehead atoms. The molecule has 2 aromatic carbocycles. The van der Waals surface area contributed by atoms with Crippen LogP contribution in [0.4, 0.5) is 5.69 Å². The zero-order valence-corrected chi connectivity index (χ0v) is 16.1. The Labute approximate surface area is 154 Å². The van der Waals surface area contributed by atoms with Gasteiger partial charge in [-0.2, -0.15) is 0 Å². The molecule has 0 saturated carbocycles. The van der Waals surface area contributed by atoms with Crippen molar-refractivity contribution in [2.45, 2.75) is 38.8 Å². The number of amides is 1. The Balaban J connectivity index is 2.48. The number of nitrogens with one attached hydrogen (secondary N) is 1. The van der Waals surface area contributed by atoms with E-state index in [9.17, 15) is 9.59 Å². The Hall–Kier alpha value is -2.60. The normalized spacial score (nSPS) is 13.8. The van der Waals surface area contributed by atoms with Gasteiger partial charge in [0.1, 0.15) is 5.60 Å². The Morgan fingerprint density at radius 3 is 2.19 bits per heavy atom. The average Bonchev–Trinajstić information content (AvgIpc) is 2.58. The van der Waals surface area contributed by atoms with Crippen LogP contribution in [0, 0.1) is 0 Å². The maximum Gasteiger partial charge on any atom is 0.342 e. The van der Waals surface area contributed by atoms with Gasteiger partial charge in [0.2, 0.25) is 5.54 Å². The van der Waals surface area contributed by atoms with E-state index in [4.69, 9.17) is 9.57 Å². The number of hydroxylamine groups is 1. The second-order valence-corrected chi connectivity index (χ2v) is 7.30. The summed E-state index contributed by atoms with van der Waals surface area (Å²) in [6.45, 7) is 6.80. The zero-order valence-electron chi connectivity index (χ0n) is 16.1. The van der Waals surface area contributed by atoms with Crippen LogP contribution in [0.5, 0.6) is 0 Å². The van der Waals surface area contributed by atoms with E-state index in [1.165, 1.54) is 14.0 Å². The molecule has 0 aliphatic heterocycles. The van der Waals surface area contributed by atoms with Crippen molar-refractivity contribution in [2.75, 3.05) is 19.1 Å². The Morgan fingerprint density at radius 1 is 1.00 bits per heavy atom. The first-order chi connectivity index (χ1) is 12.1. The van der Waals surface area contributed by atoms with Crippen LogP contribution in [0.2, 0.25) is 0 Å². The predicted molar refractivity (Wildman–Crippen MR) is 102 cm³/mol. The fourth-order valence-corrected chi connectivity index (χ4v) is 2.60. The molecule has 1 amide bonds. The number of esters is 1. The molecule has 6 heteroatoms. The van der Waals surface area contributed by atoms with Gasteiger partial charge in [-0.3, -0.25) is 9.63 Å². The standard InChI is InChI=1S/C20H26N2O4/c1-19(2,3)26-18(24)20(4,17(23)21-25-6)22(5)16-12-11-14-9-7-8-10-15(14)13-16/h7-13H,1-6H3,(H,21,23)/t20-/m0/s1. The lowest BCUT2D eigenvalue weighted by atomic mass is 9.97. The summed E-state index contributed by atoms with van der Waals surface area (Å²) >= 11 is 0. The number of nitrogens with zero attached hydrogens (tertiary/aromatic N) is 1. The minimum atomic E-state index is -1.61. The van der Waals surface area contributed by atoms with Gasteiger partial charge in [-0.1, -0.05) is 30.3 Å².